The first-order valence-electron chi connectivity index (χ1n) is 6.76. The minimum absolute atomic E-state index is 0.373. The molecule has 1 aliphatic rings. The lowest BCUT2D eigenvalue weighted by Crippen LogP contribution is -2.46. The van der Waals surface area contributed by atoms with Crippen molar-refractivity contribution in [3.05, 3.63) is 24.2 Å². The Labute approximate surface area is 115 Å². The zero-order chi connectivity index (χ0) is 13.0. The highest BCUT2D eigenvalue weighted by molar-refractivity contribution is 7.80. The highest BCUT2D eigenvalue weighted by Crippen LogP contribution is 2.25. The van der Waals surface area contributed by atoms with Crippen molar-refractivity contribution in [1.82, 2.24) is 10.2 Å². The lowest BCUT2D eigenvalue weighted by atomic mass is 10.2. The van der Waals surface area contributed by atoms with Crippen LogP contribution in [-0.4, -0.2) is 22.1 Å². The van der Waals surface area contributed by atoms with Gasteiger partial charge in [-0.25, -0.2) is 0 Å². The Morgan fingerprint density at radius 1 is 1.50 bits per heavy atom. The Bertz CT molecular complexity index is 369. The number of hydrogen-bond acceptors (Lipinski definition) is 2. The van der Waals surface area contributed by atoms with E-state index in [2.05, 4.69) is 24.1 Å². The van der Waals surface area contributed by atoms with E-state index in [9.17, 15) is 0 Å². The predicted octanol–water partition coefficient (Wildman–Crippen LogP) is 3.31. The van der Waals surface area contributed by atoms with Gasteiger partial charge in [-0.1, -0.05) is 12.8 Å². The zero-order valence-electron chi connectivity index (χ0n) is 11.2. The molecule has 1 heterocycles. The molecule has 1 fully saturated rings. The fourth-order valence-corrected chi connectivity index (χ4v) is 2.93. The van der Waals surface area contributed by atoms with Crippen molar-refractivity contribution in [2.45, 2.75) is 58.2 Å². The average Bonchev–Trinajstić information content (AvgIpc) is 2.98. The van der Waals surface area contributed by atoms with Crippen molar-refractivity contribution in [1.29, 1.82) is 0 Å². The summed E-state index contributed by atoms with van der Waals surface area (Å²) in [5, 5.41) is 4.20. The van der Waals surface area contributed by atoms with Crippen LogP contribution in [-0.2, 0) is 6.54 Å². The predicted molar refractivity (Wildman–Crippen MR) is 77.4 cm³/mol. The zero-order valence-corrected chi connectivity index (χ0v) is 12.0. The molecular weight excluding hydrogens is 244 g/mol. The van der Waals surface area contributed by atoms with Crippen LogP contribution >= 0.6 is 12.2 Å². The molecular formula is C14H22N2OS. The van der Waals surface area contributed by atoms with E-state index < -0.39 is 0 Å². The van der Waals surface area contributed by atoms with Gasteiger partial charge in [0.2, 0.25) is 0 Å². The van der Waals surface area contributed by atoms with Crippen LogP contribution in [0.1, 0.15) is 45.3 Å². The van der Waals surface area contributed by atoms with Gasteiger partial charge in [-0.15, -0.1) is 0 Å². The standard InChI is InChI=1S/C14H22N2OS/c1-11(2)15-14(18)16(12-6-3-4-7-12)10-13-8-5-9-17-13/h5,8-9,11-12H,3-4,6-7,10H2,1-2H3,(H,15,18). The van der Waals surface area contributed by atoms with E-state index in [0.29, 0.717) is 12.1 Å². The molecule has 1 aliphatic carbocycles. The molecule has 3 nitrogen and oxygen atoms in total. The van der Waals surface area contributed by atoms with E-state index in [-0.39, 0.29) is 0 Å². The van der Waals surface area contributed by atoms with E-state index in [0.717, 1.165) is 17.4 Å². The molecule has 2 rings (SSSR count). The summed E-state index contributed by atoms with van der Waals surface area (Å²) in [5.74, 6) is 0.981. The molecule has 100 valence electrons. The lowest BCUT2D eigenvalue weighted by Gasteiger charge is -2.31. The second-order valence-electron chi connectivity index (χ2n) is 5.25. The van der Waals surface area contributed by atoms with Gasteiger partial charge in [-0.3, -0.25) is 0 Å². The summed E-state index contributed by atoms with van der Waals surface area (Å²) in [6, 6.07) is 4.88. The van der Waals surface area contributed by atoms with Crippen LogP contribution in [0.4, 0.5) is 0 Å². The van der Waals surface area contributed by atoms with Gasteiger partial charge in [0.15, 0.2) is 5.11 Å². The Morgan fingerprint density at radius 2 is 2.22 bits per heavy atom. The number of nitrogens with zero attached hydrogens (tertiary/aromatic N) is 1. The average molecular weight is 266 g/mol. The number of thiocarbonyl (C=S) groups is 1. The topological polar surface area (TPSA) is 28.4 Å². The maximum absolute atomic E-state index is 5.53. The summed E-state index contributed by atoms with van der Waals surface area (Å²) in [5.41, 5.74) is 0. The van der Waals surface area contributed by atoms with Crippen molar-refractivity contribution in [3.8, 4) is 0 Å². The Balaban J connectivity index is 2.04. The molecule has 1 aromatic heterocycles. The molecule has 0 radical (unpaired) electrons. The van der Waals surface area contributed by atoms with E-state index in [4.69, 9.17) is 16.6 Å². The van der Waals surface area contributed by atoms with Gasteiger partial charge in [0, 0.05) is 12.1 Å². The number of furan rings is 1. The van der Waals surface area contributed by atoms with Crippen LogP contribution < -0.4 is 5.32 Å². The third-order valence-corrected chi connectivity index (χ3v) is 3.70. The van der Waals surface area contributed by atoms with Crippen LogP contribution in [0.25, 0.3) is 0 Å². The van der Waals surface area contributed by atoms with Gasteiger partial charge in [0.25, 0.3) is 0 Å². The highest BCUT2D eigenvalue weighted by Gasteiger charge is 2.25. The Morgan fingerprint density at radius 3 is 2.78 bits per heavy atom. The molecule has 18 heavy (non-hydrogen) atoms. The van der Waals surface area contributed by atoms with Crippen molar-refractivity contribution >= 4 is 17.3 Å². The molecule has 1 N–H and O–H groups in total. The van der Waals surface area contributed by atoms with Crippen LogP contribution in [0.5, 0.6) is 0 Å². The normalized spacial score (nSPS) is 16.2. The molecule has 0 unspecified atom stereocenters. The molecule has 1 saturated carbocycles. The molecule has 4 heteroatoms. The van der Waals surface area contributed by atoms with Crippen molar-refractivity contribution in [2.75, 3.05) is 0 Å². The SMILES string of the molecule is CC(C)NC(=S)N(Cc1ccco1)C1CCCC1. The molecule has 1 aromatic rings. The maximum atomic E-state index is 5.53. The molecule has 0 atom stereocenters. The molecule has 0 spiro atoms. The molecule has 0 saturated heterocycles. The van der Waals surface area contributed by atoms with Crippen LogP contribution in [0.2, 0.25) is 0 Å². The van der Waals surface area contributed by atoms with E-state index in [1.54, 1.807) is 6.26 Å². The first-order chi connectivity index (χ1) is 8.66. The van der Waals surface area contributed by atoms with Crippen molar-refractivity contribution < 1.29 is 4.42 Å². The van der Waals surface area contributed by atoms with Gasteiger partial charge in [0.1, 0.15) is 5.76 Å². The summed E-state index contributed by atoms with van der Waals surface area (Å²) in [7, 11) is 0. The van der Waals surface area contributed by atoms with Crippen LogP contribution in [0.3, 0.4) is 0 Å². The summed E-state index contributed by atoms with van der Waals surface area (Å²) in [4.78, 5) is 2.29. The number of rotatable bonds is 4. The quantitative estimate of drug-likeness (QED) is 0.846. The molecule has 0 bridgehead atoms. The van der Waals surface area contributed by atoms with Gasteiger partial charge in [-0.2, -0.15) is 0 Å². The Kier molecular flexibility index (Phi) is 4.64. The van der Waals surface area contributed by atoms with Gasteiger partial charge >= 0.3 is 0 Å². The van der Waals surface area contributed by atoms with Crippen molar-refractivity contribution in [2.24, 2.45) is 0 Å². The summed E-state index contributed by atoms with van der Waals surface area (Å²) >= 11 is 5.53. The molecule has 0 aliphatic heterocycles. The summed E-state index contributed by atoms with van der Waals surface area (Å²) in [6.45, 7) is 5.01. The second-order valence-corrected chi connectivity index (χ2v) is 5.64. The lowest BCUT2D eigenvalue weighted by molar-refractivity contribution is 0.277. The van der Waals surface area contributed by atoms with E-state index in [1.165, 1.54) is 25.7 Å². The fourth-order valence-electron chi connectivity index (χ4n) is 2.48. The first kappa shape index (κ1) is 13.4. The van der Waals surface area contributed by atoms with Gasteiger partial charge in [-0.05, 0) is 51.0 Å². The van der Waals surface area contributed by atoms with Crippen molar-refractivity contribution in [3.63, 3.8) is 0 Å². The second kappa shape index (κ2) is 6.23. The minimum atomic E-state index is 0.373. The van der Waals surface area contributed by atoms with E-state index >= 15 is 0 Å². The maximum Gasteiger partial charge on any atom is 0.169 e. The first-order valence-corrected chi connectivity index (χ1v) is 7.17. The molecule has 0 amide bonds. The summed E-state index contributed by atoms with van der Waals surface area (Å²) < 4.78 is 5.45. The Hall–Kier alpha value is -1.03. The third-order valence-electron chi connectivity index (χ3n) is 3.34. The van der Waals surface area contributed by atoms with Gasteiger partial charge < -0.3 is 14.6 Å². The number of nitrogens with one attached hydrogen (secondary N) is 1. The van der Waals surface area contributed by atoms with Gasteiger partial charge in [0.05, 0.1) is 12.8 Å². The smallest absolute Gasteiger partial charge is 0.169 e. The minimum Gasteiger partial charge on any atom is -0.467 e. The third kappa shape index (κ3) is 3.48. The van der Waals surface area contributed by atoms with Crippen LogP contribution in [0.15, 0.2) is 22.8 Å². The number of hydrogen-bond donors (Lipinski definition) is 1. The van der Waals surface area contributed by atoms with Crippen LogP contribution in [0, 0.1) is 0 Å². The summed E-state index contributed by atoms with van der Waals surface area (Å²) in [6.07, 6.45) is 6.82. The fraction of sp³-hybridized carbons (Fsp3) is 0.643. The van der Waals surface area contributed by atoms with E-state index in [1.807, 2.05) is 12.1 Å². The molecule has 0 aromatic carbocycles. The largest absolute Gasteiger partial charge is 0.467 e. The highest BCUT2D eigenvalue weighted by atomic mass is 32.1. The monoisotopic (exact) mass is 266 g/mol.